The molecule has 0 aliphatic rings. The van der Waals surface area contributed by atoms with Crippen molar-refractivity contribution in [2.45, 2.75) is 18.7 Å². The molecule has 0 fully saturated rings. The molecular weight excluding hydrogens is 340 g/mol. The molecule has 4 nitrogen and oxygen atoms in total. The fraction of sp³-hybridized carbons (Fsp3) is 0.143. The van der Waals surface area contributed by atoms with Gasteiger partial charge >= 0.3 is 0 Å². The molecule has 106 valence electrons. The van der Waals surface area contributed by atoms with Crippen molar-refractivity contribution < 1.29 is 8.42 Å². The SMILES string of the molecule is Cc1cc(NS(=O)(=O)c2ccc(Br)c(C)c2)ccc1N. The number of aryl methyl sites for hydroxylation is 2. The van der Waals surface area contributed by atoms with Gasteiger partial charge in [0.15, 0.2) is 0 Å². The first-order chi connectivity index (χ1) is 9.29. The first kappa shape index (κ1) is 14.9. The van der Waals surface area contributed by atoms with Crippen LogP contribution in [-0.2, 0) is 10.0 Å². The van der Waals surface area contributed by atoms with Crippen LogP contribution in [0.15, 0.2) is 45.8 Å². The molecule has 2 aromatic rings. The predicted molar refractivity (Wildman–Crippen MR) is 85.3 cm³/mol. The van der Waals surface area contributed by atoms with Crippen LogP contribution in [0.25, 0.3) is 0 Å². The maximum absolute atomic E-state index is 12.3. The molecule has 0 saturated heterocycles. The maximum Gasteiger partial charge on any atom is 0.261 e. The van der Waals surface area contributed by atoms with Gasteiger partial charge in [-0.1, -0.05) is 15.9 Å². The Morgan fingerprint density at radius 2 is 1.75 bits per heavy atom. The molecule has 2 rings (SSSR count). The topological polar surface area (TPSA) is 72.2 Å². The minimum atomic E-state index is -3.59. The number of hydrogen-bond acceptors (Lipinski definition) is 3. The summed E-state index contributed by atoms with van der Waals surface area (Å²) in [4.78, 5) is 0.229. The summed E-state index contributed by atoms with van der Waals surface area (Å²) < 4.78 is 28.0. The maximum atomic E-state index is 12.3. The minimum Gasteiger partial charge on any atom is -0.399 e. The molecule has 0 atom stereocenters. The monoisotopic (exact) mass is 354 g/mol. The van der Waals surface area contributed by atoms with Gasteiger partial charge in [-0.3, -0.25) is 4.72 Å². The highest BCUT2D eigenvalue weighted by Crippen LogP contribution is 2.23. The molecule has 6 heteroatoms. The van der Waals surface area contributed by atoms with Gasteiger partial charge in [-0.2, -0.15) is 0 Å². The van der Waals surface area contributed by atoms with Crippen LogP contribution >= 0.6 is 15.9 Å². The molecule has 0 aliphatic carbocycles. The van der Waals surface area contributed by atoms with E-state index in [0.29, 0.717) is 11.4 Å². The first-order valence-electron chi connectivity index (χ1n) is 5.95. The summed E-state index contributed by atoms with van der Waals surface area (Å²) in [5, 5.41) is 0. The highest BCUT2D eigenvalue weighted by atomic mass is 79.9. The Bertz CT molecular complexity index is 758. The number of sulfonamides is 1. The Morgan fingerprint density at radius 3 is 2.35 bits per heavy atom. The van der Waals surface area contributed by atoms with E-state index in [1.807, 2.05) is 13.8 Å². The van der Waals surface area contributed by atoms with Crippen molar-refractivity contribution in [1.29, 1.82) is 0 Å². The molecule has 0 heterocycles. The van der Waals surface area contributed by atoms with E-state index in [1.165, 1.54) is 0 Å². The smallest absolute Gasteiger partial charge is 0.261 e. The third-order valence-electron chi connectivity index (χ3n) is 2.96. The van der Waals surface area contributed by atoms with Gasteiger partial charge in [-0.05, 0) is 61.4 Å². The van der Waals surface area contributed by atoms with E-state index < -0.39 is 10.0 Å². The van der Waals surface area contributed by atoms with Crippen molar-refractivity contribution in [2.75, 3.05) is 10.5 Å². The van der Waals surface area contributed by atoms with Crippen LogP contribution in [0, 0.1) is 13.8 Å². The van der Waals surface area contributed by atoms with Gasteiger partial charge in [-0.25, -0.2) is 8.42 Å². The fourth-order valence-corrected chi connectivity index (χ4v) is 3.12. The number of rotatable bonds is 3. The van der Waals surface area contributed by atoms with Gasteiger partial charge in [0.2, 0.25) is 0 Å². The average Bonchev–Trinajstić information content (AvgIpc) is 2.37. The zero-order valence-corrected chi connectivity index (χ0v) is 13.5. The fourth-order valence-electron chi connectivity index (χ4n) is 1.74. The predicted octanol–water partition coefficient (Wildman–Crippen LogP) is 3.45. The molecule has 0 aliphatic heterocycles. The second-order valence-corrected chi connectivity index (χ2v) is 7.12. The molecule has 0 aromatic heterocycles. The number of nitrogens with one attached hydrogen (secondary N) is 1. The summed E-state index contributed by atoms with van der Waals surface area (Å²) in [6.45, 7) is 3.67. The van der Waals surface area contributed by atoms with E-state index in [1.54, 1.807) is 36.4 Å². The molecule has 0 unspecified atom stereocenters. The Kier molecular flexibility index (Phi) is 4.06. The standard InChI is InChI=1S/C14H15BrN2O2S/c1-9-8-12(4-5-13(9)15)20(18,19)17-11-3-6-14(16)10(2)7-11/h3-8,17H,16H2,1-2H3. The van der Waals surface area contributed by atoms with Gasteiger partial charge in [-0.15, -0.1) is 0 Å². The third-order valence-corrected chi connectivity index (χ3v) is 5.23. The number of nitrogens with two attached hydrogens (primary N) is 1. The van der Waals surface area contributed by atoms with Crippen molar-refractivity contribution >= 4 is 37.3 Å². The van der Waals surface area contributed by atoms with E-state index in [-0.39, 0.29) is 4.90 Å². The highest BCUT2D eigenvalue weighted by Gasteiger charge is 2.15. The van der Waals surface area contributed by atoms with Crippen LogP contribution in [0.3, 0.4) is 0 Å². The van der Waals surface area contributed by atoms with Crippen LogP contribution in [0.2, 0.25) is 0 Å². The lowest BCUT2D eigenvalue weighted by molar-refractivity contribution is 0.601. The number of halogens is 1. The van der Waals surface area contributed by atoms with E-state index in [4.69, 9.17) is 5.73 Å². The number of hydrogen-bond donors (Lipinski definition) is 2. The van der Waals surface area contributed by atoms with E-state index >= 15 is 0 Å². The van der Waals surface area contributed by atoms with Crippen LogP contribution < -0.4 is 10.5 Å². The Balaban J connectivity index is 2.35. The van der Waals surface area contributed by atoms with Crippen LogP contribution in [-0.4, -0.2) is 8.42 Å². The second-order valence-electron chi connectivity index (χ2n) is 4.59. The van der Waals surface area contributed by atoms with Gasteiger partial charge in [0.1, 0.15) is 0 Å². The Morgan fingerprint density at radius 1 is 1.05 bits per heavy atom. The van der Waals surface area contributed by atoms with Crippen molar-refractivity contribution in [3.05, 3.63) is 52.0 Å². The van der Waals surface area contributed by atoms with Crippen LogP contribution in [0.1, 0.15) is 11.1 Å². The molecule has 20 heavy (non-hydrogen) atoms. The largest absolute Gasteiger partial charge is 0.399 e. The lowest BCUT2D eigenvalue weighted by atomic mass is 10.2. The van der Waals surface area contributed by atoms with Gasteiger partial charge < -0.3 is 5.73 Å². The zero-order valence-electron chi connectivity index (χ0n) is 11.1. The van der Waals surface area contributed by atoms with Crippen LogP contribution in [0.4, 0.5) is 11.4 Å². The molecule has 0 radical (unpaired) electrons. The average molecular weight is 355 g/mol. The number of benzene rings is 2. The summed E-state index contributed by atoms with van der Waals surface area (Å²) >= 11 is 3.35. The third kappa shape index (κ3) is 3.13. The highest BCUT2D eigenvalue weighted by molar-refractivity contribution is 9.10. The summed E-state index contributed by atoms with van der Waals surface area (Å²) in [5.74, 6) is 0. The molecule has 0 saturated carbocycles. The lowest BCUT2D eigenvalue weighted by Crippen LogP contribution is -2.13. The zero-order chi connectivity index (χ0) is 14.9. The molecule has 0 amide bonds. The van der Waals surface area contributed by atoms with Crippen LogP contribution in [0.5, 0.6) is 0 Å². The second kappa shape index (κ2) is 5.46. The molecule has 2 aromatic carbocycles. The summed E-state index contributed by atoms with van der Waals surface area (Å²) in [6, 6.07) is 9.93. The van der Waals surface area contributed by atoms with Crippen molar-refractivity contribution in [3.8, 4) is 0 Å². The molecule has 0 bridgehead atoms. The Labute approximate surface area is 127 Å². The molecule has 0 spiro atoms. The lowest BCUT2D eigenvalue weighted by Gasteiger charge is -2.10. The van der Waals surface area contributed by atoms with Gasteiger partial charge in [0, 0.05) is 15.8 Å². The molecule has 3 N–H and O–H groups in total. The first-order valence-corrected chi connectivity index (χ1v) is 8.22. The van der Waals surface area contributed by atoms with Gasteiger partial charge in [0.05, 0.1) is 4.90 Å². The summed E-state index contributed by atoms with van der Waals surface area (Å²) in [7, 11) is -3.59. The molecular formula is C14H15BrN2O2S. The van der Waals surface area contributed by atoms with Gasteiger partial charge in [0.25, 0.3) is 10.0 Å². The number of nitrogen functional groups attached to an aromatic ring is 1. The van der Waals surface area contributed by atoms with Crippen molar-refractivity contribution in [2.24, 2.45) is 0 Å². The normalized spacial score (nSPS) is 11.3. The van der Waals surface area contributed by atoms with Crippen molar-refractivity contribution in [1.82, 2.24) is 0 Å². The van der Waals surface area contributed by atoms with Crippen molar-refractivity contribution in [3.63, 3.8) is 0 Å². The quantitative estimate of drug-likeness (QED) is 0.829. The Hall–Kier alpha value is -1.53. The minimum absolute atomic E-state index is 0.229. The number of anilines is 2. The van der Waals surface area contributed by atoms with E-state index in [9.17, 15) is 8.42 Å². The summed E-state index contributed by atoms with van der Waals surface area (Å²) in [5.41, 5.74) is 8.54. The summed E-state index contributed by atoms with van der Waals surface area (Å²) in [6.07, 6.45) is 0. The van der Waals surface area contributed by atoms with E-state index in [0.717, 1.165) is 15.6 Å². The van der Waals surface area contributed by atoms with E-state index in [2.05, 4.69) is 20.7 Å².